The van der Waals surface area contributed by atoms with Gasteiger partial charge in [0.1, 0.15) is 0 Å². The number of nitrogens with one attached hydrogen (secondary N) is 2. The van der Waals surface area contributed by atoms with Gasteiger partial charge in [0, 0.05) is 17.9 Å². The topological polar surface area (TPSA) is 62.7 Å². The van der Waals surface area contributed by atoms with Gasteiger partial charge in [-0.15, -0.1) is 0 Å². The van der Waals surface area contributed by atoms with Gasteiger partial charge in [0.25, 0.3) is 5.91 Å². The highest BCUT2D eigenvalue weighted by Gasteiger charge is 2.16. The predicted octanol–water partition coefficient (Wildman–Crippen LogP) is 3.99. The van der Waals surface area contributed by atoms with Crippen molar-refractivity contribution in [1.82, 2.24) is 5.32 Å². The predicted molar refractivity (Wildman–Crippen MR) is 109 cm³/mol. The second-order valence-corrected chi connectivity index (χ2v) is 7.02. The zero-order chi connectivity index (χ0) is 19.2. The fourth-order valence-electron chi connectivity index (χ4n) is 3.07. The fourth-order valence-corrected chi connectivity index (χ4v) is 3.07. The third-order valence-corrected chi connectivity index (χ3v) is 4.85. The first-order valence-corrected chi connectivity index (χ1v) is 9.40. The molecule has 0 aromatic heterocycles. The maximum atomic E-state index is 12.7. The summed E-state index contributed by atoms with van der Waals surface area (Å²) in [6, 6.07) is 13.6. The number of hydrogen-bond acceptors (Lipinski definition) is 3. The van der Waals surface area contributed by atoms with E-state index in [1.807, 2.05) is 37.3 Å². The van der Waals surface area contributed by atoms with Crippen molar-refractivity contribution in [2.24, 2.45) is 4.99 Å². The number of nitrogens with zero attached hydrogens (tertiary/aromatic N) is 1. The van der Waals surface area contributed by atoms with Crippen LogP contribution >= 0.6 is 0 Å². The molecule has 142 valence electrons. The fraction of sp³-hybridized carbons (Fsp3) is 0.364. The maximum Gasteiger partial charge on any atom is 0.257 e. The van der Waals surface area contributed by atoms with Crippen molar-refractivity contribution in [1.29, 1.82) is 0 Å². The van der Waals surface area contributed by atoms with Crippen LogP contribution < -0.4 is 10.6 Å². The lowest BCUT2D eigenvalue weighted by atomic mass is 10.1. The molecule has 3 rings (SSSR count). The Bertz CT molecular complexity index is 839. The number of amides is 1. The quantitative estimate of drug-likeness (QED) is 0.636. The number of hydrogen-bond donors (Lipinski definition) is 2. The molecule has 1 amide bonds. The van der Waals surface area contributed by atoms with Gasteiger partial charge in [-0.2, -0.15) is 0 Å². The van der Waals surface area contributed by atoms with Gasteiger partial charge < -0.3 is 10.1 Å². The number of carbonyl (C=O) groups excluding carboxylic acids is 1. The molecule has 0 radical (unpaired) electrons. The molecule has 2 N–H and O–H groups in total. The molecule has 2 aromatic carbocycles. The van der Waals surface area contributed by atoms with Crippen LogP contribution in [0.3, 0.4) is 0 Å². The third kappa shape index (κ3) is 5.17. The van der Waals surface area contributed by atoms with Crippen molar-refractivity contribution >= 4 is 17.6 Å². The molecule has 1 saturated heterocycles. The zero-order valence-electron chi connectivity index (χ0n) is 16.2. The Labute approximate surface area is 160 Å². The van der Waals surface area contributed by atoms with E-state index in [1.165, 1.54) is 5.56 Å². The molecule has 1 aliphatic rings. The first-order chi connectivity index (χ1) is 13.0. The summed E-state index contributed by atoms with van der Waals surface area (Å²) in [5.74, 6) is 0.272. The minimum Gasteiger partial charge on any atom is -0.376 e. The van der Waals surface area contributed by atoms with Crippen LogP contribution in [0, 0.1) is 20.8 Å². The Balaban J connectivity index is 1.79. The van der Waals surface area contributed by atoms with E-state index >= 15 is 0 Å². The van der Waals surface area contributed by atoms with E-state index in [-0.39, 0.29) is 12.0 Å². The van der Waals surface area contributed by atoms with Gasteiger partial charge in [-0.3, -0.25) is 10.1 Å². The average molecular weight is 365 g/mol. The van der Waals surface area contributed by atoms with E-state index in [0.717, 1.165) is 36.3 Å². The van der Waals surface area contributed by atoms with Crippen LogP contribution in [0.5, 0.6) is 0 Å². The number of aryl methyl sites for hydroxylation is 2. The molecule has 0 spiro atoms. The third-order valence-electron chi connectivity index (χ3n) is 4.85. The maximum absolute atomic E-state index is 12.7. The summed E-state index contributed by atoms with van der Waals surface area (Å²) < 4.78 is 5.65. The smallest absolute Gasteiger partial charge is 0.257 e. The van der Waals surface area contributed by atoms with Crippen molar-refractivity contribution in [3.05, 3.63) is 64.7 Å². The molecule has 0 aliphatic carbocycles. The summed E-state index contributed by atoms with van der Waals surface area (Å²) in [6.45, 7) is 7.40. The summed E-state index contributed by atoms with van der Waals surface area (Å²) >= 11 is 0. The van der Waals surface area contributed by atoms with Gasteiger partial charge in [0.2, 0.25) is 5.96 Å². The minimum absolute atomic E-state index is 0.122. The molecule has 1 heterocycles. The van der Waals surface area contributed by atoms with Crippen molar-refractivity contribution < 1.29 is 9.53 Å². The van der Waals surface area contributed by atoms with Crippen LogP contribution in [-0.4, -0.2) is 31.1 Å². The van der Waals surface area contributed by atoms with Crippen molar-refractivity contribution in [2.45, 2.75) is 39.7 Å². The number of anilines is 1. The molecule has 0 bridgehead atoms. The van der Waals surface area contributed by atoms with E-state index in [4.69, 9.17) is 4.74 Å². The number of guanidine groups is 1. The molecule has 1 atom stereocenters. The number of rotatable bonds is 4. The van der Waals surface area contributed by atoms with Crippen molar-refractivity contribution in [2.75, 3.05) is 18.5 Å². The van der Waals surface area contributed by atoms with Gasteiger partial charge in [-0.1, -0.05) is 29.8 Å². The van der Waals surface area contributed by atoms with Crippen LogP contribution in [0.15, 0.2) is 47.5 Å². The monoisotopic (exact) mass is 365 g/mol. The Morgan fingerprint density at radius 2 is 2.00 bits per heavy atom. The Kier molecular flexibility index (Phi) is 6.24. The van der Waals surface area contributed by atoms with E-state index in [1.54, 1.807) is 6.07 Å². The minimum atomic E-state index is -0.178. The summed E-state index contributed by atoms with van der Waals surface area (Å²) in [5.41, 5.74) is 4.91. The van der Waals surface area contributed by atoms with Gasteiger partial charge in [0.05, 0.1) is 12.6 Å². The van der Waals surface area contributed by atoms with Crippen molar-refractivity contribution in [3.63, 3.8) is 0 Å². The Morgan fingerprint density at radius 1 is 1.19 bits per heavy atom. The lowest BCUT2D eigenvalue weighted by Crippen LogP contribution is -2.37. The van der Waals surface area contributed by atoms with Gasteiger partial charge >= 0.3 is 0 Å². The van der Waals surface area contributed by atoms with Crippen LogP contribution in [0.25, 0.3) is 0 Å². The molecule has 2 aromatic rings. The highest BCUT2D eigenvalue weighted by Crippen LogP contribution is 2.18. The molecular formula is C22H27N3O2. The number of benzene rings is 2. The molecule has 5 nitrogen and oxygen atoms in total. The van der Waals surface area contributed by atoms with Gasteiger partial charge in [-0.25, -0.2) is 4.99 Å². The summed E-state index contributed by atoms with van der Waals surface area (Å²) in [6.07, 6.45) is 2.19. The molecule has 1 unspecified atom stereocenters. The Hall–Kier alpha value is -2.66. The summed E-state index contributed by atoms with van der Waals surface area (Å²) in [7, 11) is 0. The Morgan fingerprint density at radius 3 is 2.74 bits per heavy atom. The van der Waals surface area contributed by atoms with Gasteiger partial charge in [-0.05, 0) is 62.9 Å². The van der Waals surface area contributed by atoms with E-state index in [9.17, 15) is 4.79 Å². The lowest BCUT2D eigenvalue weighted by molar-refractivity contribution is 0.0975. The van der Waals surface area contributed by atoms with Crippen LogP contribution in [0.1, 0.15) is 39.9 Å². The van der Waals surface area contributed by atoms with E-state index in [0.29, 0.717) is 18.1 Å². The largest absolute Gasteiger partial charge is 0.376 e. The van der Waals surface area contributed by atoms with E-state index in [2.05, 4.69) is 35.5 Å². The SMILES string of the molecule is Cc1cccc(C(=O)NC(=NCC2CCCO2)Nc2cccc(C)c2C)c1. The van der Waals surface area contributed by atoms with Crippen molar-refractivity contribution in [3.8, 4) is 0 Å². The lowest BCUT2D eigenvalue weighted by Gasteiger charge is -2.16. The first-order valence-electron chi connectivity index (χ1n) is 9.40. The highest BCUT2D eigenvalue weighted by atomic mass is 16.5. The molecule has 1 aliphatic heterocycles. The standard InChI is InChI=1S/C22H27N3O2/c1-15-7-4-9-18(13-15)21(26)25-22(23-14-19-10-6-12-27-19)24-20-11-5-8-16(2)17(20)3/h4-5,7-9,11,13,19H,6,10,12,14H2,1-3H3,(H2,23,24,25,26). The zero-order valence-corrected chi connectivity index (χ0v) is 16.2. The van der Waals surface area contributed by atoms with E-state index < -0.39 is 0 Å². The number of aliphatic imine (C=N–C) groups is 1. The van der Waals surface area contributed by atoms with Crippen LogP contribution in [0.4, 0.5) is 5.69 Å². The first kappa shape index (κ1) is 19.1. The summed E-state index contributed by atoms with van der Waals surface area (Å²) in [5, 5.41) is 6.21. The summed E-state index contributed by atoms with van der Waals surface area (Å²) in [4.78, 5) is 17.3. The van der Waals surface area contributed by atoms with Gasteiger partial charge in [0.15, 0.2) is 0 Å². The number of ether oxygens (including phenoxy) is 1. The second kappa shape index (κ2) is 8.82. The molecule has 27 heavy (non-hydrogen) atoms. The molecule has 0 saturated carbocycles. The second-order valence-electron chi connectivity index (χ2n) is 7.02. The highest BCUT2D eigenvalue weighted by molar-refractivity contribution is 6.10. The molecule has 5 heteroatoms. The molecular weight excluding hydrogens is 338 g/mol. The molecule has 1 fully saturated rings. The van der Waals surface area contributed by atoms with Crippen LogP contribution in [-0.2, 0) is 4.74 Å². The average Bonchev–Trinajstić information content (AvgIpc) is 3.17. The van der Waals surface area contributed by atoms with Crippen LogP contribution in [0.2, 0.25) is 0 Å². The normalized spacial score (nSPS) is 17.0. The number of carbonyl (C=O) groups is 1.